The van der Waals surface area contributed by atoms with E-state index in [2.05, 4.69) is 5.32 Å². The highest BCUT2D eigenvalue weighted by Gasteiger charge is 2.22. The van der Waals surface area contributed by atoms with E-state index in [1.807, 2.05) is 0 Å². The maximum absolute atomic E-state index is 12.2. The summed E-state index contributed by atoms with van der Waals surface area (Å²) in [6, 6.07) is 11.4. The molecule has 27 heavy (non-hydrogen) atoms. The van der Waals surface area contributed by atoms with Gasteiger partial charge in [0.05, 0.1) is 21.3 Å². The number of nitrogens with one attached hydrogen (secondary N) is 1. The van der Waals surface area contributed by atoms with Gasteiger partial charge in [-0.2, -0.15) is 0 Å². The minimum atomic E-state index is -0.657. The average Bonchev–Trinajstić information content (AvgIpc) is 3.09. The number of amides is 2. The molecule has 2 aromatic carbocycles. The molecule has 1 aliphatic rings. The lowest BCUT2D eigenvalue weighted by molar-refractivity contribution is -0.119. The van der Waals surface area contributed by atoms with Crippen LogP contribution in [0.1, 0.15) is 23.2 Å². The fraction of sp³-hybridized carbons (Fsp3) is 0.211. The number of hydrogen-bond acceptors (Lipinski definition) is 4. The second kappa shape index (κ2) is 8.41. The Bertz CT molecular complexity index is 901. The third kappa shape index (κ3) is 4.59. The van der Waals surface area contributed by atoms with Crippen LogP contribution in [-0.2, 0) is 14.3 Å². The molecule has 6 nitrogen and oxygen atoms in total. The molecule has 1 aliphatic heterocycles. The van der Waals surface area contributed by atoms with Crippen LogP contribution in [0.5, 0.6) is 0 Å². The third-order valence-electron chi connectivity index (χ3n) is 4.03. The first-order chi connectivity index (χ1) is 13.0. The van der Waals surface area contributed by atoms with Crippen molar-refractivity contribution >= 4 is 52.4 Å². The molecule has 1 fully saturated rings. The van der Waals surface area contributed by atoms with Crippen LogP contribution in [0.3, 0.4) is 0 Å². The van der Waals surface area contributed by atoms with Gasteiger partial charge in [0.25, 0.3) is 5.91 Å². The molecule has 1 heterocycles. The van der Waals surface area contributed by atoms with Gasteiger partial charge in [-0.25, -0.2) is 4.79 Å². The average molecular weight is 407 g/mol. The molecule has 0 aromatic heterocycles. The van der Waals surface area contributed by atoms with Gasteiger partial charge in [0.15, 0.2) is 6.61 Å². The lowest BCUT2D eigenvalue weighted by atomic mass is 10.2. The highest BCUT2D eigenvalue weighted by molar-refractivity contribution is 6.44. The zero-order valence-corrected chi connectivity index (χ0v) is 15.7. The van der Waals surface area contributed by atoms with Crippen LogP contribution < -0.4 is 10.2 Å². The van der Waals surface area contributed by atoms with Crippen molar-refractivity contribution in [1.82, 2.24) is 0 Å². The maximum atomic E-state index is 12.2. The number of benzene rings is 2. The Hall–Kier alpha value is -2.57. The van der Waals surface area contributed by atoms with Gasteiger partial charge in [-0.15, -0.1) is 0 Å². The molecular weight excluding hydrogens is 391 g/mol. The van der Waals surface area contributed by atoms with Crippen LogP contribution >= 0.6 is 23.2 Å². The number of hydrogen-bond donors (Lipinski definition) is 1. The third-order valence-corrected chi connectivity index (χ3v) is 4.85. The second-order valence-corrected chi connectivity index (χ2v) is 6.71. The Morgan fingerprint density at radius 3 is 2.67 bits per heavy atom. The van der Waals surface area contributed by atoms with E-state index in [9.17, 15) is 14.4 Å². The molecule has 0 aliphatic carbocycles. The Morgan fingerprint density at radius 1 is 1.15 bits per heavy atom. The minimum Gasteiger partial charge on any atom is -0.452 e. The molecule has 2 aromatic rings. The van der Waals surface area contributed by atoms with Gasteiger partial charge in [-0.05, 0) is 36.8 Å². The lowest BCUT2D eigenvalue weighted by Crippen LogP contribution is -2.24. The van der Waals surface area contributed by atoms with Crippen molar-refractivity contribution in [2.75, 3.05) is 23.4 Å². The summed E-state index contributed by atoms with van der Waals surface area (Å²) in [5.74, 6) is -1.17. The zero-order valence-electron chi connectivity index (χ0n) is 14.2. The van der Waals surface area contributed by atoms with Crippen molar-refractivity contribution in [3.05, 3.63) is 58.1 Å². The molecule has 0 saturated carbocycles. The van der Waals surface area contributed by atoms with E-state index >= 15 is 0 Å². The Balaban J connectivity index is 1.60. The fourth-order valence-corrected chi connectivity index (χ4v) is 3.07. The Labute approximate surface area is 166 Å². The highest BCUT2D eigenvalue weighted by Crippen LogP contribution is 2.29. The van der Waals surface area contributed by atoms with Gasteiger partial charge in [-0.1, -0.05) is 35.3 Å². The first-order valence-electron chi connectivity index (χ1n) is 8.27. The highest BCUT2D eigenvalue weighted by atomic mass is 35.5. The summed E-state index contributed by atoms with van der Waals surface area (Å²) in [5.41, 5.74) is 1.24. The predicted octanol–water partition coefficient (Wildman–Crippen LogP) is 3.92. The number of carbonyl (C=O) groups is 3. The monoisotopic (exact) mass is 406 g/mol. The molecular formula is C19H16Cl2N2O4. The summed E-state index contributed by atoms with van der Waals surface area (Å²) in [4.78, 5) is 37.7. The topological polar surface area (TPSA) is 75.7 Å². The molecule has 0 spiro atoms. The smallest absolute Gasteiger partial charge is 0.338 e. The first-order valence-corrected chi connectivity index (χ1v) is 9.02. The first kappa shape index (κ1) is 19.2. The molecule has 2 amide bonds. The van der Waals surface area contributed by atoms with Crippen LogP contribution in [0.2, 0.25) is 10.0 Å². The molecule has 0 atom stereocenters. The van der Waals surface area contributed by atoms with Gasteiger partial charge < -0.3 is 15.0 Å². The molecule has 140 valence electrons. The molecule has 0 unspecified atom stereocenters. The van der Waals surface area contributed by atoms with Gasteiger partial charge in [-0.3, -0.25) is 9.59 Å². The molecule has 3 rings (SSSR count). The number of halogens is 2. The molecule has 0 bridgehead atoms. The number of rotatable bonds is 5. The fourth-order valence-electron chi connectivity index (χ4n) is 2.72. The van der Waals surface area contributed by atoms with Crippen LogP contribution in [0, 0.1) is 0 Å². The number of anilines is 2. The van der Waals surface area contributed by atoms with Crippen LogP contribution in [0.15, 0.2) is 42.5 Å². The van der Waals surface area contributed by atoms with Crippen molar-refractivity contribution in [3.8, 4) is 0 Å². The number of esters is 1. The molecule has 1 saturated heterocycles. The van der Waals surface area contributed by atoms with Crippen molar-refractivity contribution in [2.24, 2.45) is 0 Å². The molecule has 1 N–H and O–H groups in total. The molecule has 0 radical (unpaired) electrons. The minimum absolute atomic E-state index is 0.0262. The standard InChI is InChI=1S/C19H16Cl2N2O4/c20-14-6-2-7-15(18(14)21)22-16(24)11-27-19(26)12-4-1-5-13(10-12)23-9-3-8-17(23)25/h1-2,4-7,10H,3,8-9,11H2,(H,22,24). The SMILES string of the molecule is O=C(COC(=O)c1cccc(N2CCCC2=O)c1)Nc1cccc(Cl)c1Cl. The van der Waals surface area contributed by atoms with E-state index in [-0.39, 0.29) is 16.5 Å². The Morgan fingerprint density at radius 2 is 1.93 bits per heavy atom. The van der Waals surface area contributed by atoms with E-state index in [0.29, 0.717) is 29.4 Å². The predicted molar refractivity (Wildman–Crippen MR) is 103 cm³/mol. The largest absolute Gasteiger partial charge is 0.452 e. The summed E-state index contributed by atoms with van der Waals surface area (Å²) < 4.78 is 5.05. The van der Waals surface area contributed by atoms with Gasteiger partial charge in [0, 0.05) is 18.7 Å². The Kier molecular flexibility index (Phi) is 5.98. The second-order valence-electron chi connectivity index (χ2n) is 5.92. The maximum Gasteiger partial charge on any atom is 0.338 e. The van der Waals surface area contributed by atoms with Crippen LogP contribution in [-0.4, -0.2) is 30.9 Å². The quantitative estimate of drug-likeness (QED) is 0.763. The number of nitrogens with zero attached hydrogens (tertiary/aromatic N) is 1. The van der Waals surface area contributed by atoms with Gasteiger partial charge in [0.2, 0.25) is 5.91 Å². The van der Waals surface area contributed by atoms with E-state index in [0.717, 1.165) is 6.42 Å². The van der Waals surface area contributed by atoms with Crippen LogP contribution in [0.4, 0.5) is 11.4 Å². The van der Waals surface area contributed by atoms with E-state index in [1.54, 1.807) is 47.4 Å². The summed E-state index contributed by atoms with van der Waals surface area (Å²) in [7, 11) is 0. The van der Waals surface area contributed by atoms with E-state index in [1.165, 1.54) is 0 Å². The summed E-state index contributed by atoms with van der Waals surface area (Å²) in [5, 5.41) is 3.05. The molecule has 8 heteroatoms. The van der Waals surface area contributed by atoms with E-state index in [4.69, 9.17) is 27.9 Å². The van der Waals surface area contributed by atoms with Crippen molar-refractivity contribution in [2.45, 2.75) is 12.8 Å². The summed E-state index contributed by atoms with van der Waals surface area (Å²) >= 11 is 11.9. The summed E-state index contributed by atoms with van der Waals surface area (Å²) in [6.45, 7) is 0.148. The van der Waals surface area contributed by atoms with Crippen molar-refractivity contribution in [3.63, 3.8) is 0 Å². The normalized spacial score (nSPS) is 13.6. The van der Waals surface area contributed by atoms with Crippen molar-refractivity contribution in [1.29, 1.82) is 0 Å². The zero-order chi connectivity index (χ0) is 19.4. The van der Waals surface area contributed by atoms with Gasteiger partial charge in [0.1, 0.15) is 0 Å². The lowest BCUT2D eigenvalue weighted by Gasteiger charge is -2.16. The van der Waals surface area contributed by atoms with Crippen molar-refractivity contribution < 1.29 is 19.1 Å². The van der Waals surface area contributed by atoms with Gasteiger partial charge >= 0.3 is 5.97 Å². The number of ether oxygens (including phenoxy) is 1. The van der Waals surface area contributed by atoms with Crippen LogP contribution in [0.25, 0.3) is 0 Å². The number of carbonyl (C=O) groups excluding carboxylic acids is 3. The summed E-state index contributed by atoms with van der Waals surface area (Å²) in [6.07, 6.45) is 1.29. The van der Waals surface area contributed by atoms with E-state index < -0.39 is 18.5 Å².